The van der Waals surface area contributed by atoms with E-state index in [1.807, 2.05) is 0 Å². The Morgan fingerprint density at radius 3 is 2.88 bits per heavy atom. The maximum Gasteiger partial charge on any atom is 0.119 e. The van der Waals surface area contributed by atoms with Gasteiger partial charge in [0.2, 0.25) is 0 Å². The highest BCUT2D eigenvalue weighted by molar-refractivity contribution is 4.89. The van der Waals surface area contributed by atoms with Crippen molar-refractivity contribution in [1.29, 1.82) is 5.26 Å². The Hall–Kier alpha value is -0.630. The summed E-state index contributed by atoms with van der Waals surface area (Å²) in [4.78, 5) is 0. The molecule has 1 unspecified atom stereocenters. The molecule has 1 fully saturated rings. The predicted molar refractivity (Wildman–Crippen MR) is 62.1 cm³/mol. The van der Waals surface area contributed by atoms with Gasteiger partial charge in [0.05, 0.1) is 12.7 Å². The Kier molecular flexibility index (Phi) is 7.15. The molecule has 0 radical (unpaired) electrons. The number of rotatable bonds is 7. The standard InChI is InChI=1S/C12H22N2O2/c1-2-5-14-12(8-13)10-16-9-11-3-6-15-7-4-11/h11-12,14H,2-7,9-10H2,1H3. The van der Waals surface area contributed by atoms with Crippen molar-refractivity contribution in [2.24, 2.45) is 5.92 Å². The summed E-state index contributed by atoms with van der Waals surface area (Å²) in [5.41, 5.74) is 0. The quantitative estimate of drug-likeness (QED) is 0.711. The van der Waals surface area contributed by atoms with Crippen molar-refractivity contribution in [1.82, 2.24) is 5.32 Å². The lowest BCUT2D eigenvalue weighted by Gasteiger charge is -2.22. The van der Waals surface area contributed by atoms with E-state index >= 15 is 0 Å². The molecule has 0 aromatic carbocycles. The summed E-state index contributed by atoms with van der Waals surface area (Å²) in [6, 6.07) is 2.05. The van der Waals surface area contributed by atoms with Crippen LogP contribution in [0.4, 0.5) is 0 Å². The van der Waals surface area contributed by atoms with Gasteiger partial charge < -0.3 is 14.8 Å². The molecule has 16 heavy (non-hydrogen) atoms. The smallest absolute Gasteiger partial charge is 0.119 e. The van der Waals surface area contributed by atoms with Crippen LogP contribution < -0.4 is 5.32 Å². The molecule has 0 saturated carbocycles. The van der Waals surface area contributed by atoms with E-state index < -0.39 is 0 Å². The summed E-state index contributed by atoms with van der Waals surface area (Å²) in [5, 5.41) is 12.0. The molecule has 1 N–H and O–H groups in total. The van der Waals surface area contributed by atoms with Gasteiger partial charge in [-0.2, -0.15) is 5.26 Å². The van der Waals surface area contributed by atoms with Crippen LogP contribution in [-0.2, 0) is 9.47 Å². The summed E-state index contributed by atoms with van der Waals surface area (Å²) >= 11 is 0. The maximum absolute atomic E-state index is 8.88. The fourth-order valence-corrected chi connectivity index (χ4v) is 1.73. The minimum Gasteiger partial charge on any atom is -0.381 e. The second-order valence-corrected chi connectivity index (χ2v) is 4.23. The molecule has 0 amide bonds. The van der Waals surface area contributed by atoms with Gasteiger partial charge in [-0.1, -0.05) is 6.92 Å². The molecule has 4 heteroatoms. The molecule has 0 bridgehead atoms. The molecule has 0 aromatic heterocycles. The molecule has 92 valence electrons. The molecule has 0 spiro atoms. The van der Waals surface area contributed by atoms with Crippen LogP contribution in [0.2, 0.25) is 0 Å². The molecule has 0 aromatic rings. The highest BCUT2D eigenvalue weighted by Gasteiger charge is 2.14. The normalized spacial score (nSPS) is 19.2. The van der Waals surface area contributed by atoms with E-state index in [-0.39, 0.29) is 6.04 Å². The SMILES string of the molecule is CCCNC(C#N)COCC1CCOCC1. The number of nitriles is 1. The van der Waals surface area contributed by atoms with Gasteiger partial charge in [-0.15, -0.1) is 0 Å². The highest BCUT2D eigenvalue weighted by atomic mass is 16.5. The largest absolute Gasteiger partial charge is 0.381 e. The van der Waals surface area contributed by atoms with E-state index in [2.05, 4.69) is 18.3 Å². The van der Waals surface area contributed by atoms with Crippen LogP contribution in [0, 0.1) is 17.2 Å². The zero-order valence-electron chi connectivity index (χ0n) is 10.1. The van der Waals surface area contributed by atoms with E-state index in [4.69, 9.17) is 14.7 Å². The van der Waals surface area contributed by atoms with Gasteiger partial charge in [-0.3, -0.25) is 0 Å². The van der Waals surface area contributed by atoms with Crippen LogP contribution in [0.5, 0.6) is 0 Å². The molecule has 0 aliphatic carbocycles. The minimum absolute atomic E-state index is 0.167. The van der Waals surface area contributed by atoms with Crippen LogP contribution in [-0.4, -0.2) is 39.0 Å². The third kappa shape index (κ3) is 5.45. The molecular weight excluding hydrogens is 204 g/mol. The Bertz CT molecular complexity index is 210. The van der Waals surface area contributed by atoms with E-state index in [1.165, 1.54) is 0 Å². The Balaban J connectivity index is 2.05. The molecule has 1 aliphatic heterocycles. The van der Waals surface area contributed by atoms with E-state index in [1.54, 1.807) is 0 Å². The average Bonchev–Trinajstić information content (AvgIpc) is 2.35. The summed E-state index contributed by atoms with van der Waals surface area (Å²) in [5.74, 6) is 0.610. The van der Waals surface area contributed by atoms with Crippen LogP contribution in [0.3, 0.4) is 0 Å². The van der Waals surface area contributed by atoms with Crippen molar-refractivity contribution >= 4 is 0 Å². The number of hydrogen-bond donors (Lipinski definition) is 1. The van der Waals surface area contributed by atoms with Crippen molar-refractivity contribution in [3.63, 3.8) is 0 Å². The molecule has 1 aliphatic rings. The first-order valence-corrected chi connectivity index (χ1v) is 6.15. The lowest BCUT2D eigenvalue weighted by atomic mass is 10.0. The van der Waals surface area contributed by atoms with Crippen molar-refractivity contribution in [2.75, 3.05) is 33.0 Å². The molecule has 1 heterocycles. The monoisotopic (exact) mass is 226 g/mol. The Labute approximate surface area is 97.9 Å². The average molecular weight is 226 g/mol. The third-order valence-corrected chi connectivity index (χ3v) is 2.78. The zero-order chi connectivity index (χ0) is 11.6. The number of ether oxygens (including phenoxy) is 2. The minimum atomic E-state index is -0.167. The van der Waals surface area contributed by atoms with Crippen LogP contribution >= 0.6 is 0 Å². The van der Waals surface area contributed by atoms with Gasteiger partial charge in [-0.25, -0.2) is 0 Å². The first-order valence-electron chi connectivity index (χ1n) is 6.15. The van der Waals surface area contributed by atoms with Gasteiger partial charge in [0.25, 0.3) is 0 Å². The van der Waals surface area contributed by atoms with E-state index in [9.17, 15) is 0 Å². The Morgan fingerprint density at radius 1 is 1.50 bits per heavy atom. The maximum atomic E-state index is 8.88. The van der Waals surface area contributed by atoms with Gasteiger partial charge in [-0.05, 0) is 31.7 Å². The fourth-order valence-electron chi connectivity index (χ4n) is 1.73. The number of nitrogens with one attached hydrogen (secondary N) is 1. The fraction of sp³-hybridized carbons (Fsp3) is 0.917. The summed E-state index contributed by atoms with van der Waals surface area (Å²) in [6.45, 7) is 5.92. The van der Waals surface area contributed by atoms with Gasteiger partial charge in [0, 0.05) is 19.8 Å². The van der Waals surface area contributed by atoms with E-state index in [0.29, 0.717) is 12.5 Å². The van der Waals surface area contributed by atoms with Gasteiger partial charge >= 0.3 is 0 Å². The zero-order valence-corrected chi connectivity index (χ0v) is 10.1. The second kappa shape index (κ2) is 8.51. The van der Waals surface area contributed by atoms with Crippen LogP contribution in [0.25, 0.3) is 0 Å². The van der Waals surface area contributed by atoms with Crippen molar-refractivity contribution < 1.29 is 9.47 Å². The van der Waals surface area contributed by atoms with Crippen LogP contribution in [0.1, 0.15) is 26.2 Å². The second-order valence-electron chi connectivity index (χ2n) is 4.23. The van der Waals surface area contributed by atoms with Gasteiger partial charge in [0.1, 0.15) is 6.04 Å². The molecular formula is C12H22N2O2. The molecule has 1 saturated heterocycles. The first kappa shape index (κ1) is 13.4. The summed E-state index contributed by atoms with van der Waals surface area (Å²) in [7, 11) is 0. The van der Waals surface area contributed by atoms with Crippen molar-refractivity contribution in [3.05, 3.63) is 0 Å². The molecule has 1 rings (SSSR count). The Morgan fingerprint density at radius 2 is 2.25 bits per heavy atom. The summed E-state index contributed by atoms with van der Waals surface area (Å²) in [6.07, 6.45) is 3.21. The van der Waals surface area contributed by atoms with Gasteiger partial charge in [0.15, 0.2) is 0 Å². The highest BCUT2D eigenvalue weighted by Crippen LogP contribution is 2.14. The molecule has 4 nitrogen and oxygen atoms in total. The summed E-state index contributed by atoms with van der Waals surface area (Å²) < 4.78 is 10.9. The van der Waals surface area contributed by atoms with Crippen molar-refractivity contribution in [3.8, 4) is 6.07 Å². The number of nitrogens with zero attached hydrogens (tertiary/aromatic N) is 1. The third-order valence-electron chi connectivity index (χ3n) is 2.78. The van der Waals surface area contributed by atoms with Crippen molar-refractivity contribution in [2.45, 2.75) is 32.2 Å². The lowest BCUT2D eigenvalue weighted by Crippen LogP contribution is -2.33. The predicted octanol–water partition coefficient (Wildman–Crippen LogP) is 1.32. The first-order chi connectivity index (χ1) is 7.86. The van der Waals surface area contributed by atoms with E-state index in [0.717, 1.165) is 45.6 Å². The topological polar surface area (TPSA) is 54.3 Å². The lowest BCUT2D eigenvalue weighted by molar-refractivity contribution is 0.0183. The van der Waals surface area contributed by atoms with Crippen LogP contribution in [0.15, 0.2) is 0 Å². The number of hydrogen-bond acceptors (Lipinski definition) is 4. The molecule has 1 atom stereocenters.